The number of methoxy groups -OCH3 is 1. The van der Waals surface area contributed by atoms with E-state index in [2.05, 4.69) is 10.2 Å². The van der Waals surface area contributed by atoms with Crippen LogP contribution < -0.4 is 16.0 Å². The van der Waals surface area contributed by atoms with Crippen molar-refractivity contribution < 1.29 is 9.53 Å². The Kier molecular flexibility index (Phi) is 6.49. The van der Waals surface area contributed by atoms with Crippen LogP contribution >= 0.6 is 11.3 Å². The van der Waals surface area contributed by atoms with Crippen LogP contribution in [0.2, 0.25) is 0 Å². The van der Waals surface area contributed by atoms with Gasteiger partial charge in [0.05, 0.1) is 24.9 Å². The van der Waals surface area contributed by atoms with E-state index >= 15 is 0 Å². The van der Waals surface area contributed by atoms with Crippen molar-refractivity contribution in [2.45, 2.75) is 52.1 Å². The van der Waals surface area contributed by atoms with Crippen molar-refractivity contribution in [1.29, 1.82) is 0 Å². The molecule has 1 fully saturated rings. The van der Waals surface area contributed by atoms with E-state index in [4.69, 9.17) is 4.74 Å². The van der Waals surface area contributed by atoms with Gasteiger partial charge in [-0.15, -0.1) is 4.80 Å². The third-order valence-corrected chi connectivity index (χ3v) is 8.34. The average molecular weight is 523 g/mol. The first-order chi connectivity index (χ1) is 17.8. The number of likely N-dealkylation sites (tertiary alicyclic amines) is 1. The van der Waals surface area contributed by atoms with Gasteiger partial charge in [0.2, 0.25) is 5.91 Å². The first-order valence-corrected chi connectivity index (χ1v) is 13.1. The molecule has 10 nitrogen and oxygen atoms in total. The molecule has 1 saturated heterocycles. The van der Waals surface area contributed by atoms with Gasteiger partial charge >= 0.3 is 5.69 Å². The fourth-order valence-corrected chi connectivity index (χ4v) is 6.32. The van der Waals surface area contributed by atoms with Gasteiger partial charge in [0.25, 0.3) is 5.56 Å². The lowest BCUT2D eigenvalue weighted by molar-refractivity contribution is -0.138. The number of thiophene rings is 1. The number of amides is 1. The molecule has 4 heterocycles. The number of fused-ring (bicyclic) bond motifs is 1. The van der Waals surface area contributed by atoms with Crippen molar-refractivity contribution in [2.75, 3.05) is 20.2 Å². The largest absolute Gasteiger partial charge is 0.496 e. The van der Waals surface area contributed by atoms with Crippen LogP contribution in [0.1, 0.15) is 37.8 Å². The van der Waals surface area contributed by atoms with Gasteiger partial charge in [-0.05, 0) is 51.7 Å². The molecule has 0 aliphatic carbocycles. The molecule has 0 atom stereocenters. The van der Waals surface area contributed by atoms with E-state index in [1.807, 2.05) is 31.2 Å². The number of rotatable bonds is 7. The molecule has 3 aromatic heterocycles. The highest BCUT2D eigenvalue weighted by Crippen LogP contribution is 2.31. The maximum absolute atomic E-state index is 14.0. The summed E-state index contributed by atoms with van der Waals surface area (Å²) in [5, 5.41) is 9.53. The number of nitrogens with zero attached hydrogens (tertiary/aromatic N) is 6. The highest BCUT2D eigenvalue weighted by Gasteiger charge is 2.39. The number of benzene rings is 1. The van der Waals surface area contributed by atoms with Crippen LogP contribution in [0, 0.1) is 6.92 Å². The zero-order chi connectivity index (χ0) is 26.3. The molecule has 4 aromatic rings. The smallest absolute Gasteiger partial charge is 0.333 e. The normalized spacial score (nSPS) is 14.0. The molecule has 37 heavy (non-hydrogen) atoms. The van der Waals surface area contributed by atoms with E-state index in [0.29, 0.717) is 46.8 Å². The second-order valence-electron chi connectivity index (χ2n) is 9.73. The standard InChI is InChI=1S/C26H30N6O4S/c1-17-20-21(33)31(26(2,3)24(34)29-14-7-8-15-29)25(35)30(16-11-18-9-5-6-10-19(18)36-4)23(20)37-22(17)32-27-12-13-28-32/h5-6,9-10,12-13H,7-8,11,14-16H2,1-4H3. The third kappa shape index (κ3) is 4.16. The lowest BCUT2D eigenvalue weighted by atomic mass is 10.0. The molecule has 0 N–H and O–H groups in total. The van der Waals surface area contributed by atoms with Crippen LogP contribution in [0.3, 0.4) is 0 Å². The van der Waals surface area contributed by atoms with Crippen molar-refractivity contribution in [3.8, 4) is 10.8 Å². The summed E-state index contributed by atoms with van der Waals surface area (Å²) in [5.74, 6) is 0.509. The fraction of sp³-hybridized carbons (Fsp3) is 0.423. The van der Waals surface area contributed by atoms with Crippen molar-refractivity contribution in [3.05, 3.63) is 68.6 Å². The van der Waals surface area contributed by atoms with Crippen molar-refractivity contribution in [1.82, 2.24) is 29.0 Å². The molecule has 1 aromatic carbocycles. The van der Waals surface area contributed by atoms with E-state index in [1.165, 1.54) is 16.1 Å². The van der Waals surface area contributed by atoms with E-state index < -0.39 is 16.8 Å². The molecule has 0 spiro atoms. The van der Waals surface area contributed by atoms with E-state index in [-0.39, 0.29) is 5.91 Å². The number of hydrogen-bond donors (Lipinski definition) is 0. The molecule has 0 radical (unpaired) electrons. The summed E-state index contributed by atoms with van der Waals surface area (Å²) in [6, 6.07) is 7.65. The number of ether oxygens (including phenoxy) is 1. The molecule has 0 bridgehead atoms. The summed E-state index contributed by atoms with van der Waals surface area (Å²) in [5.41, 5.74) is -0.718. The minimum Gasteiger partial charge on any atom is -0.496 e. The number of carbonyl (C=O) groups is 1. The molecule has 1 aliphatic heterocycles. The Labute approximate surface area is 217 Å². The molecule has 0 unspecified atom stereocenters. The number of aryl methyl sites for hydroxylation is 3. The molecular formula is C26H30N6O4S. The number of aromatic nitrogens is 5. The maximum atomic E-state index is 14.0. The van der Waals surface area contributed by atoms with Gasteiger partial charge in [-0.25, -0.2) is 9.36 Å². The van der Waals surface area contributed by atoms with Gasteiger partial charge in [0.15, 0.2) is 0 Å². The number of carbonyl (C=O) groups excluding carboxylic acids is 1. The van der Waals surface area contributed by atoms with Gasteiger partial charge in [0, 0.05) is 25.2 Å². The Bertz CT molecular complexity index is 1580. The second kappa shape index (κ2) is 9.62. The highest BCUT2D eigenvalue weighted by molar-refractivity contribution is 7.21. The molecule has 11 heteroatoms. The van der Waals surface area contributed by atoms with Crippen LogP contribution in [0.5, 0.6) is 5.75 Å². The lowest BCUT2D eigenvalue weighted by Gasteiger charge is -2.31. The monoisotopic (exact) mass is 522 g/mol. The quantitative estimate of drug-likeness (QED) is 0.370. The SMILES string of the molecule is COc1ccccc1CCn1c(=O)n(C(C)(C)C(=O)N2CCCC2)c(=O)c2c(C)c(-n3nccn3)sc21. The summed E-state index contributed by atoms with van der Waals surface area (Å²) < 4.78 is 8.24. The first kappa shape index (κ1) is 24.9. The Hall–Kier alpha value is -3.73. The maximum Gasteiger partial charge on any atom is 0.333 e. The Morgan fingerprint density at radius 3 is 2.46 bits per heavy atom. The summed E-state index contributed by atoms with van der Waals surface area (Å²) in [4.78, 5) is 45.3. The lowest BCUT2D eigenvalue weighted by Crippen LogP contribution is -2.56. The van der Waals surface area contributed by atoms with Gasteiger partial charge in [0.1, 0.15) is 21.1 Å². The molecule has 5 rings (SSSR count). The van der Waals surface area contributed by atoms with E-state index in [0.717, 1.165) is 28.7 Å². The zero-order valence-electron chi connectivity index (χ0n) is 21.4. The van der Waals surface area contributed by atoms with Crippen LogP contribution in [0.25, 0.3) is 15.2 Å². The number of hydrogen-bond acceptors (Lipinski definition) is 7. The summed E-state index contributed by atoms with van der Waals surface area (Å²) in [6.07, 6.45) is 5.47. The van der Waals surface area contributed by atoms with Crippen LogP contribution in [0.15, 0.2) is 46.2 Å². The summed E-state index contributed by atoms with van der Waals surface area (Å²) in [6.45, 7) is 6.71. The van der Waals surface area contributed by atoms with Crippen LogP contribution in [-0.2, 0) is 23.3 Å². The Balaban J connectivity index is 1.72. The van der Waals surface area contributed by atoms with E-state index in [9.17, 15) is 14.4 Å². The molecule has 1 amide bonds. The second-order valence-corrected chi connectivity index (χ2v) is 10.7. The van der Waals surface area contributed by atoms with Crippen molar-refractivity contribution in [3.63, 3.8) is 0 Å². The predicted molar refractivity (Wildman–Crippen MR) is 142 cm³/mol. The van der Waals surface area contributed by atoms with E-state index in [1.54, 1.807) is 42.8 Å². The van der Waals surface area contributed by atoms with Crippen molar-refractivity contribution in [2.24, 2.45) is 0 Å². The molecular weight excluding hydrogens is 492 g/mol. The van der Waals surface area contributed by atoms with Crippen molar-refractivity contribution >= 4 is 27.5 Å². The molecule has 194 valence electrons. The minimum atomic E-state index is -1.35. The van der Waals surface area contributed by atoms with Gasteiger partial charge < -0.3 is 9.64 Å². The first-order valence-electron chi connectivity index (χ1n) is 12.3. The Morgan fingerprint density at radius 1 is 1.11 bits per heavy atom. The van der Waals surface area contributed by atoms with Crippen LogP contribution in [0.4, 0.5) is 0 Å². The molecule has 1 aliphatic rings. The van der Waals surface area contributed by atoms with Gasteiger partial charge in [-0.3, -0.25) is 14.2 Å². The molecule has 0 saturated carbocycles. The predicted octanol–water partition coefficient (Wildman–Crippen LogP) is 2.72. The fourth-order valence-electron chi connectivity index (χ4n) is 5.08. The highest BCUT2D eigenvalue weighted by atomic mass is 32.1. The minimum absolute atomic E-state index is 0.221. The van der Waals surface area contributed by atoms with Crippen LogP contribution in [-0.4, -0.2) is 55.1 Å². The number of para-hydroxylation sites is 1. The Morgan fingerprint density at radius 2 is 1.78 bits per heavy atom. The summed E-state index contributed by atoms with van der Waals surface area (Å²) in [7, 11) is 1.61. The van der Waals surface area contributed by atoms with Gasteiger partial charge in [-0.1, -0.05) is 29.5 Å². The average Bonchev–Trinajstić information content (AvgIpc) is 3.65. The third-order valence-electron chi connectivity index (χ3n) is 7.06. The topological polar surface area (TPSA) is 104 Å². The van der Waals surface area contributed by atoms with Gasteiger partial charge in [-0.2, -0.15) is 10.2 Å². The summed E-state index contributed by atoms with van der Waals surface area (Å²) >= 11 is 1.30. The zero-order valence-corrected chi connectivity index (χ0v) is 22.2.